The summed E-state index contributed by atoms with van der Waals surface area (Å²) in [6.07, 6.45) is 4.29. The van der Waals surface area contributed by atoms with Gasteiger partial charge in [0.25, 0.3) is 0 Å². The van der Waals surface area contributed by atoms with Gasteiger partial charge in [0.05, 0.1) is 5.75 Å². The van der Waals surface area contributed by atoms with E-state index in [1.807, 2.05) is 13.8 Å². The van der Waals surface area contributed by atoms with Gasteiger partial charge in [0, 0.05) is 6.04 Å². The van der Waals surface area contributed by atoms with Crippen LogP contribution in [0.4, 0.5) is 0 Å². The first-order valence-electron chi connectivity index (χ1n) is 5.05. The molecule has 0 aliphatic heterocycles. The van der Waals surface area contributed by atoms with Gasteiger partial charge in [-0.3, -0.25) is 0 Å². The SMILES string of the molecule is CCCS(=O)(=O)NC(C)C1CCC1. The van der Waals surface area contributed by atoms with E-state index in [-0.39, 0.29) is 11.8 Å². The van der Waals surface area contributed by atoms with E-state index in [2.05, 4.69) is 4.72 Å². The molecule has 0 aromatic carbocycles. The second-order valence-corrected chi connectivity index (χ2v) is 5.79. The van der Waals surface area contributed by atoms with Crippen molar-refractivity contribution < 1.29 is 8.42 Å². The Morgan fingerprint density at radius 2 is 2.08 bits per heavy atom. The summed E-state index contributed by atoms with van der Waals surface area (Å²) >= 11 is 0. The molecule has 0 spiro atoms. The Hall–Kier alpha value is -0.0900. The van der Waals surface area contributed by atoms with E-state index in [4.69, 9.17) is 0 Å². The number of rotatable bonds is 5. The smallest absolute Gasteiger partial charge is 0.211 e. The molecule has 13 heavy (non-hydrogen) atoms. The molecule has 0 amide bonds. The molecular formula is C9H19NO2S. The lowest BCUT2D eigenvalue weighted by Crippen LogP contribution is -2.41. The van der Waals surface area contributed by atoms with E-state index < -0.39 is 10.0 Å². The highest BCUT2D eigenvalue weighted by atomic mass is 32.2. The van der Waals surface area contributed by atoms with Gasteiger partial charge in [0.15, 0.2) is 0 Å². The molecule has 1 fully saturated rings. The lowest BCUT2D eigenvalue weighted by Gasteiger charge is -2.31. The fraction of sp³-hybridized carbons (Fsp3) is 1.00. The largest absolute Gasteiger partial charge is 0.212 e. The van der Waals surface area contributed by atoms with Crippen molar-refractivity contribution in [2.45, 2.75) is 45.6 Å². The average molecular weight is 205 g/mol. The van der Waals surface area contributed by atoms with Gasteiger partial charge in [-0.15, -0.1) is 0 Å². The molecule has 1 atom stereocenters. The molecule has 4 heteroatoms. The molecule has 1 aliphatic carbocycles. The van der Waals surface area contributed by atoms with Gasteiger partial charge in [0.1, 0.15) is 0 Å². The first-order chi connectivity index (χ1) is 6.05. The normalized spacial score (nSPS) is 21.1. The Bertz CT molecular complexity index is 244. The quantitative estimate of drug-likeness (QED) is 0.739. The molecule has 1 rings (SSSR count). The van der Waals surface area contributed by atoms with Crippen LogP contribution in [0.3, 0.4) is 0 Å². The Kier molecular flexibility index (Phi) is 3.74. The predicted octanol–water partition coefficient (Wildman–Crippen LogP) is 1.50. The Labute approximate surface area is 81.0 Å². The van der Waals surface area contributed by atoms with Crippen LogP contribution in [0.15, 0.2) is 0 Å². The van der Waals surface area contributed by atoms with Crippen molar-refractivity contribution in [1.82, 2.24) is 4.72 Å². The molecule has 3 nitrogen and oxygen atoms in total. The third-order valence-corrected chi connectivity index (χ3v) is 4.37. The zero-order valence-corrected chi connectivity index (χ0v) is 9.23. The van der Waals surface area contributed by atoms with Crippen molar-refractivity contribution in [1.29, 1.82) is 0 Å². The molecule has 0 saturated heterocycles. The molecule has 1 saturated carbocycles. The summed E-state index contributed by atoms with van der Waals surface area (Å²) in [5.74, 6) is 0.830. The molecule has 1 unspecified atom stereocenters. The van der Waals surface area contributed by atoms with Gasteiger partial charge in [0.2, 0.25) is 10.0 Å². The molecule has 0 heterocycles. The number of hydrogen-bond acceptors (Lipinski definition) is 2. The molecule has 0 radical (unpaired) electrons. The van der Waals surface area contributed by atoms with Gasteiger partial charge in [-0.2, -0.15) is 0 Å². The van der Waals surface area contributed by atoms with Crippen molar-refractivity contribution in [2.75, 3.05) is 5.75 Å². The van der Waals surface area contributed by atoms with Crippen LogP contribution in [-0.4, -0.2) is 20.2 Å². The van der Waals surface area contributed by atoms with Gasteiger partial charge in [-0.25, -0.2) is 13.1 Å². The van der Waals surface area contributed by atoms with E-state index in [1.54, 1.807) is 0 Å². The van der Waals surface area contributed by atoms with E-state index in [0.717, 1.165) is 0 Å². The average Bonchev–Trinajstić information content (AvgIpc) is 1.79. The fourth-order valence-electron chi connectivity index (χ4n) is 1.65. The molecule has 0 bridgehead atoms. The Morgan fingerprint density at radius 1 is 1.46 bits per heavy atom. The topological polar surface area (TPSA) is 46.2 Å². The van der Waals surface area contributed by atoms with E-state index in [9.17, 15) is 8.42 Å². The standard InChI is InChI=1S/C9H19NO2S/c1-3-7-13(11,12)10-8(2)9-5-4-6-9/h8-10H,3-7H2,1-2H3. The number of hydrogen-bond donors (Lipinski definition) is 1. The zero-order valence-electron chi connectivity index (χ0n) is 8.41. The van der Waals surface area contributed by atoms with Gasteiger partial charge in [-0.1, -0.05) is 13.3 Å². The Balaban J connectivity index is 2.37. The summed E-state index contributed by atoms with van der Waals surface area (Å²) in [6.45, 7) is 3.85. The monoisotopic (exact) mass is 205 g/mol. The second kappa shape index (κ2) is 4.42. The van der Waals surface area contributed by atoms with E-state index in [1.165, 1.54) is 19.3 Å². The summed E-state index contributed by atoms with van der Waals surface area (Å²) in [5.41, 5.74) is 0. The van der Waals surface area contributed by atoms with Crippen molar-refractivity contribution >= 4 is 10.0 Å². The molecule has 0 aromatic rings. The van der Waals surface area contributed by atoms with Gasteiger partial charge < -0.3 is 0 Å². The van der Waals surface area contributed by atoms with Crippen LogP contribution in [0.2, 0.25) is 0 Å². The molecular weight excluding hydrogens is 186 g/mol. The maximum Gasteiger partial charge on any atom is 0.211 e. The highest BCUT2D eigenvalue weighted by molar-refractivity contribution is 7.89. The van der Waals surface area contributed by atoms with Gasteiger partial charge >= 0.3 is 0 Å². The summed E-state index contributed by atoms with van der Waals surface area (Å²) in [4.78, 5) is 0. The minimum atomic E-state index is -3.00. The maximum atomic E-state index is 11.4. The minimum absolute atomic E-state index is 0.130. The first kappa shape index (κ1) is 11.0. The van der Waals surface area contributed by atoms with Crippen LogP contribution in [0, 0.1) is 5.92 Å². The first-order valence-corrected chi connectivity index (χ1v) is 6.70. The lowest BCUT2D eigenvalue weighted by atomic mass is 9.81. The van der Waals surface area contributed by atoms with Crippen molar-refractivity contribution in [2.24, 2.45) is 5.92 Å². The maximum absolute atomic E-state index is 11.4. The van der Waals surface area contributed by atoms with Crippen LogP contribution < -0.4 is 4.72 Å². The number of nitrogens with one attached hydrogen (secondary N) is 1. The predicted molar refractivity (Wildman–Crippen MR) is 54.0 cm³/mol. The van der Waals surface area contributed by atoms with Crippen LogP contribution in [0.1, 0.15) is 39.5 Å². The van der Waals surface area contributed by atoms with Crippen LogP contribution in [0.25, 0.3) is 0 Å². The minimum Gasteiger partial charge on any atom is -0.212 e. The second-order valence-electron chi connectivity index (χ2n) is 3.92. The molecule has 78 valence electrons. The van der Waals surface area contributed by atoms with Gasteiger partial charge in [-0.05, 0) is 32.1 Å². The third kappa shape index (κ3) is 3.27. The van der Waals surface area contributed by atoms with Crippen molar-refractivity contribution in [3.8, 4) is 0 Å². The third-order valence-electron chi connectivity index (χ3n) is 2.70. The highest BCUT2D eigenvalue weighted by Crippen LogP contribution is 2.29. The highest BCUT2D eigenvalue weighted by Gasteiger charge is 2.26. The van der Waals surface area contributed by atoms with Crippen LogP contribution in [0.5, 0.6) is 0 Å². The van der Waals surface area contributed by atoms with E-state index >= 15 is 0 Å². The molecule has 1 aliphatic rings. The zero-order chi connectivity index (χ0) is 9.90. The lowest BCUT2D eigenvalue weighted by molar-refractivity contribution is 0.260. The van der Waals surface area contributed by atoms with Crippen LogP contribution in [-0.2, 0) is 10.0 Å². The summed E-state index contributed by atoms with van der Waals surface area (Å²) in [5, 5.41) is 0. The number of sulfonamides is 1. The molecule has 0 aromatic heterocycles. The van der Waals surface area contributed by atoms with E-state index in [0.29, 0.717) is 12.3 Å². The summed E-state index contributed by atoms with van der Waals surface area (Å²) in [7, 11) is -3.00. The van der Waals surface area contributed by atoms with Crippen LogP contribution >= 0.6 is 0 Å². The fourth-order valence-corrected chi connectivity index (χ4v) is 3.06. The molecule has 1 N–H and O–H groups in total. The summed E-state index contributed by atoms with van der Waals surface area (Å²) in [6, 6.07) is 0.130. The Morgan fingerprint density at radius 3 is 2.46 bits per heavy atom. The summed E-state index contributed by atoms with van der Waals surface area (Å²) < 4.78 is 25.5. The van der Waals surface area contributed by atoms with Crippen molar-refractivity contribution in [3.05, 3.63) is 0 Å². The van der Waals surface area contributed by atoms with Crippen molar-refractivity contribution in [3.63, 3.8) is 0 Å².